The van der Waals surface area contributed by atoms with E-state index in [4.69, 9.17) is 13.8 Å². The van der Waals surface area contributed by atoms with Crippen LogP contribution in [-0.2, 0) is 10.8 Å². The minimum absolute atomic E-state index is 0.0724. The molecule has 4 heteroatoms. The summed E-state index contributed by atoms with van der Waals surface area (Å²) in [5, 5.41) is 2.06. The third kappa shape index (κ3) is 4.87. The molecule has 2 aromatic heterocycles. The van der Waals surface area contributed by atoms with Crippen LogP contribution in [0.4, 0.5) is 17.1 Å². The third-order valence-electron chi connectivity index (χ3n) is 13.1. The predicted molar refractivity (Wildman–Crippen MR) is 242 cm³/mol. The van der Waals surface area contributed by atoms with E-state index in [-0.39, 0.29) is 10.8 Å². The van der Waals surface area contributed by atoms with Gasteiger partial charge in [-0.15, -0.1) is 0 Å². The highest BCUT2D eigenvalue weighted by atomic mass is 16.4. The number of furan rings is 1. The number of aromatic nitrogens is 1. The first-order valence-electron chi connectivity index (χ1n) is 20.5. The highest BCUT2D eigenvalue weighted by Crippen LogP contribution is 2.56. The molecule has 0 atom stereocenters. The van der Waals surface area contributed by atoms with E-state index in [1.165, 1.54) is 50.2 Å². The fourth-order valence-electron chi connectivity index (χ4n) is 10.1. The Kier molecular flexibility index (Phi) is 7.00. The Morgan fingerprint density at radius 3 is 1.90 bits per heavy atom. The maximum atomic E-state index is 6.68. The normalized spacial score (nSPS) is 14.4. The molecular formula is C55H40N2O2. The lowest BCUT2D eigenvalue weighted by Crippen LogP contribution is -2.16. The van der Waals surface area contributed by atoms with Gasteiger partial charge < -0.3 is 13.7 Å². The van der Waals surface area contributed by atoms with E-state index in [0.717, 1.165) is 61.1 Å². The maximum absolute atomic E-state index is 6.68. The van der Waals surface area contributed by atoms with Gasteiger partial charge in [-0.05, 0) is 93.0 Å². The quantitative estimate of drug-likeness (QED) is 0.175. The van der Waals surface area contributed by atoms with Crippen molar-refractivity contribution in [1.29, 1.82) is 0 Å². The second-order valence-corrected chi connectivity index (χ2v) is 17.1. The third-order valence-corrected chi connectivity index (χ3v) is 13.1. The van der Waals surface area contributed by atoms with Crippen molar-refractivity contribution in [2.75, 3.05) is 4.90 Å². The van der Waals surface area contributed by atoms with Crippen LogP contribution in [0.25, 0.3) is 77.9 Å². The Morgan fingerprint density at radius 1 is 0.441 bits per heavy atom. The number of rotatable bonds is 5. The molecule has 0 bridgehead atoms. The fraction of sp³-hybridized carbons (Fsp3) is 0.109. The Morgan fingerprint density at radius 2 is 1.08 bits per heavy atom. The second-order valence-electron chi connectivity index (χ2n) is 17.1. The average molecular weight is 761 g/mol. The van der Waals surface area contributed by atoms with E-state index in [2.05, 4.69) is 166 Å². The lowest BCUT2D eigenvalue weighted by molar-refractivity contribution is 0.620. The molecule has 2 aliphatic rings. The molecule has 0 radical (unpaired) electrons. The molecule has 0 N–H and O–H groups in total. The van der Waals surface area contributed by atoms with Crippen LogP contribution in [0, 0.1) is 0 Å². The topological polar surface area (TPSA) is 42.4 Å². The summed E-state index contributed by atoms with van der Waals surface area (Å²) in [6.07, 6.45) is 0. The standard InChI is InChI=1S/C55H40N2O2/c1-54(2)43-20-10-8-16-38(43)41-30-36(28-29-45(41)54)57(48-23-13-22-46-51(48)40-17-9-11-21-44(40)55(46,3)4)35-26-24-33(25-27-35)37-18-12-19-39-42-31-50-47(32-49(42)58-52(37)39)56-53(59-50)34-14-6-5-7-15-34/h5-32H,1-4H3. The molecule has 12 rings (SSSR count). The maximum Gasteiger partial charge on any atom is 0.227 e. The first-order valence-corrected chi connectivity index (χ1v) is 20.5. The highest BCUT2D eigenvalue weighted by molar-refractivity contribution is 6.12. The molecule has 10 aromatic rings. The molecule has 282 valence electrons. The SMILES string of the molecule is CC1(C)c2ccccc2-c2cc(N(c3ccc(-c4cccc5c4oc4cc6nc(-c7ccccc7)oc6cc45)cc3)c3cccc4c3-c3ccccc3C4(C)C)ccc21. The zero-order chi connectivity index (χ0) is 39.6. The average Bonchev–Trinajstić information content (AvgIpc) is 3.98. The van der Waals surface area contributed by atoms with Crippen molar-refractivity contribution in [2.24, 2.45) is 0 Å². The Hall–Kier alpha value is -7.17. The van der Waals surface area contributed by atoms with Gasteiger partial charge in [0, 0.05) is 55.7 Å². The predicted octanol–water partition coefficient (Wildman–Crippen LogP) is 15.1. The number of oxazole rings is 1. The van der Waals surface area contributed by atoms with Crippen molar-refractivity contribution < 1.29 is 8.83 Å². The number of nitrogens with zero attached hydrogens (tertiary/aromatic N) is 2. The van der Waals surface area contributed by atoms with E-state index >= 15 is 0 Å². The van der Waals surface area contributed by atoms with Gasteiger partial charge in [-0.3, -0.25) is 0 Å². The van der Waals surface area contributed by atoms with Crippen molar-refractivity contribution in [3.63, 3.8) is 0 Å². The summed E-state index contributed by atoms with van der Waals surface area (Å²) in [5.74, 6) is 0.606. The van der Waals surface area contributed by atoms with Crippen LogP contribution in [0.2, 0.25) is 0 Å². The first kappa shape index (κ1) is 33.9. The van der Waals surface area contributed by atoms with Crippen molar-refractivity contribution in [1.82, 2.24) is 4.98 Å². The number of anilines is 3. The van der Waals surface area contributed by atoms with Crippen molar-refractivity contribution >= 4 is 50.1 Å². The van der Waals surface area contributed by atoms with Gasteiger partial charge in [0.05, 0.1) is 5.69 Å². The van der Waals surface area contributed by atoms with Crippen LogP contribution in [0.15, 0.2) is 179 Å². The molecule has 0 unspecified atom stereocenters. The minimum Gasteiger partial charge on any atom is -0.455 e. The number of para-hydroxylation sites is 1. The molecule has 4 nitrogen and oxygen atoms in total. The minimum atomic E-state index is -0.119. The summed E-state index contributed by atoms with van der Waals surface area (Å²) in [5.41, 5.74) is 20.1. The number of hydrogen-bond acceptors (Lipinski definition) is 4. The molecular weight excluding hydrogens is 721 g/mol. The van der Waals surface area contributed by atoms with E-state index in [9.17, 15) is 0 Å². The van der Waals surface area contributed by atoms with Gasteiger partial charge in [0.2, 0.25) is 5.89 Å². The van der Waals surface area contributed by atoms with Gasteiger partial charge in [-0.2, -0.15) is 0 Å². The number of benzene rings is 8. The van der Waals surface area contributed by atoms with E-state index < -0.39 is 0 Å². The zero-order valence-corrected chi connectivity index (χ0v) is 33.4. The summed E-state index contributed by atoms with van der Waals surface area (Å²) in [4.78, 5) is 7.27. The van der Waals surface area contributed by atoms with Crippen LogP contribution >= 0.6 is 0 Å². The molecule has 2 heterocycles. The molecule has 8 aromatic carbocycles. The molecule has 0 saturated heterocycles. The van der Waals surface area contributed by atoms with Crippen molar-refractivity contribution in [3.05, 3.63) is 192 Å². The molecule has 0 amide bonds. The van der Waals surface area contributed by atoms with Crippen LogP contribution < -0.4 is 4.90 Å². The monoisotopic (exact) mass is 760 g/mol. The summed E-state index contributed by atoms with van der Waals surface area (Å²) in [7, 11) is 0. The smallest absolute Gasteiger partial charge is 0.227 e. The lowest BCUT2D eigenvalue weighted by atomic mass is 9.82. The number of hydrogen-bond donors (Lipinski definition) is 0. The molecule has 0 spiro atoms. The lowest BCUT2D eigenvalue weighted by Gasteiger charge is -2.30. The largest absolute Gasteiger partial charge is 0.455 e. The van der Waals surface area contributed by atoms with Crippen LogP contribution in [0.1, 0.15) is 49.9 Å². The van der Waals surface area contributed by atoms with Crippen LogP contribution in [0.5, 0.6) is 0 Å². The van der Waals surface area contributed by atoms with Gasteiger partial charge in [0.15, 0.2) is 5.58 Å². The zero-order valence-electron chi connectivity index (χ0n) is 33.4. The van der Waals surface area contributed by atoms with Crippen LogP contribution in [0.3, 0.4) is 0 Å². The fourth-order valence-corrected chi connectivity index (χ4v) is 10.1. The highest BCUT2D eigenvalue weighted by Gasteiger charge is 2.39. The van der Waals surface area contributed by atoms with Gasteiger partial charge in [0.1, 0.15) is 16.7 Å². The van der Waals surface area contributed by atoms with Gasteiger partial charge in [-0.1, -0.05) is 143 Å². The Bertz CT molecular complexity index is 3330. The van der Waals surface area contributed by atoms with Crippen LogP contribution in [-0.4, -0.2) is 4.98 Å². The number of fused-ring (bicyclic) bond motifs is 10. The summed E-state index contributed by atoms with van der Waals surface area (Å²) in [6, 6.07) is 61.2. The van der Waals surface area contributed by atoms with Gasteiger partial charge >= 0.3 is 0 Å². The summed E-state index contributed by atoms with van der Waals surface area (Å²) >= 11 is 0. The van der Waals surface area contributed by atoms with E-state index in [1.54, 1.807) is 0 Å². The molecule has 0 aliphatic heterocycles. The van der Waals surface area contributed by atoms with E-state index in [0.29, 0.717) is 5.89 Å². The molecule has 0 fully saturated rings. The van der Waals surface area contributed by atoms with Crippen molar-refractivity contribution in [3.8, 4) is 44.8 Å². The first-order chi connectivity index (χ1) is 28.8. The molecule has 59 heavy (non-hydrogen) atoms. The molecule has 2 aliphatic carbocycles. The van der Waals surface area contributed by atoms with Gasteiger partial charge in [-0.25, -0.2) is 4.98 Å². The second kappa shape index (κ2) is 12.2. The summed E-state index contributed by atoms with van der Waals surface area (Å²) in [6.45, 7) is 9.39. The Labute approximate surface area is 343 Å². The van der Waals surface area contributed by atoms with Crippen molar-refractivity contribution in [2.45, 2.75) is 38.5 Å². The van der Waals surface area contributed by atoms with Gasteiger partial charge in [0.25, 0.3) is 0 Å². The summed E-state index contributed by atoms with van der Waals surface area (Å²) < 4.78 is 12.9. The van der Waals surface area contributed by atoms with E-state index in [1.807, 2.05) is 36.4 Å². The Balaban J connectivity index is 1.00. The molecule has 0 saturated carbocycles.